The Hall–Kier alpha value is -2.13. The molecule has 0 unspecified atom stereocenters. The molecule has 1 aliphatic heterocycles. The minimum Gasteiger partial charge on any atom is -0.372 e. The van der Waals surface area contributed by atoms with Crippen molar-refractivity contribution in [3.63, 3.8) is 0 Å². The highest BCUT2D eigenvalue weighted by Crippen LogP contribution is 2.30. The smallest absolute Gasteiger partial charge is 0.0378 e. The fraction of sp³-hybridized carbons (Fsp3) is 0.500. The molecule has 3 heteroatoms. The van der Waals surface area contributed by atoms with Gasteiger partial charge >= 0.3 is 0 Å². The first-order chi connectivity index (χ1) is 13.8. The third-order valence-corrected chi connectivity index (χ3v) is 4.71. The predicted molar refractivity (Wildman–Crippen MR) is 131 cm³/mol. The lowest BCUT2D eigenvalue weighted by molar-refractivity contribution is 0.254. The molecule has 1 N–H and O–H groups in total. The van der Waals surface area contributed by atoms with Gasteiger partial charge in [0.25, 0.3) is 0 Å². The van der Waals surface area contributed by atoms with Crippen LogP contribution in [0.2, 0.25) is 0 Å². The van der Waals surface area contributed by atoms with Gasteiger partial charge in [-0.25, -0.2) is 0 Å². The summed E-state index contributed by atoms with van der Waals surface area (Å²) in [6, 6.07) is 4.78. The summed E-state index contributed by atoms with van der Waals surface area (Å²) in [4.78, 5) is 6.60. The lowest BCUT2D eigenvalue weighted by Crippen LogP contribution is -2.37. The topological polar surface area (TPSA) is 28.2 Å². The van der Waals surface area contributed by atoms with Gasteiger partial charge in [-0.2, -0.15) is 0 Å². The van der Waals surface area contributed by atoms with Crippen molar-refractivity contribution in [3.05, 3.63) is 71.7 Å². The summed E-state index contributed by atoms with van der Waals surface area (Å²) < 4.78 is 0. The summed E-state index contributed by atoms with van der Waals surface area (Å²) in [6.07, 6.45) is 9.79. The maximum Gasteiger partial charge on any atom is 0.0378 e. The molecule has 162 valence electrons. The highest BCUT2D eigenvalue weighted by molar-refractivity contribution is 5.65. The molecular formula is C26H43N3. The van der Waals surface area contributed by atoms with Crippen LogP contribution in [0.25, 0.3) is 5.57 Å². The standard InChI is InChI=1S/C20H29N3.C4H8.C2H6/c1-15(19-10-13-22-16(2)14-19)6-7-18-8-9-20(11-12-21-4)23(5)17(18)3;1-4(2)3;1-2/h6-7,10,13-14,20-21H,3,8-9,11-12H2,1-2,4-5H3;1H2,2-3H3;1-2H3/b15-6+,18-7-;;/t20-;;/m1../s1. The third kappa shape index (κ3) is 10.3. The second-order valence-corrected chi connectivity index (χ2v) is 7.58. The number of nitrogens with zero attached hydrogens (tertiary/aromatic N) is 2. The molecule has 2 rings (SSSR count). The molecule has 0 radical (unpaired) electrons. The monoisotopic (exact) mass is 397 g/mol. The van der Waals surface area contributed by atoms with Crippen LogP contribution >= 0.6 is 0 Å². The number of rotatable bonds is 5. The second-order valence-electron chi connectivity index (χ2n) is 7.58. The Morgan fingerprint density at radius 3 is 2.48 bits per heavy atom. The van der Waals surface area contributed by atoms with E-state index in [0.29, 0.717) is 6.04 Å². The number of hydrogen-bond acceptors (Lipinski definition) is 3. The molecule has 29 heavy (non-hydrogen) atoms. The summed E-state index contributed by atoms with van der Waals surface area (Å²) in [5.41, 5.74) is 7.22. The van der Waals surface area contributed by atoms with Crippen LogP contribution < -0.4 is 5.32 Å². The fourth-order valence-electron chi connectivity index (χ4n) is 3.05. The molecule has 1 atom stereocenters. The summed E-state index contributed by atoms with van der Waals surface area (Å²) >= 11 is 0. The Labute approximate surface area is 180 Å². The quantitative estimate of drug-likeness (QED) is 0.571. The molecule has 1 aromatic heterocycles. The number of nitrogens with one attached hydrogen (secondary N) is 1. The normalized spacial score (nSPS) is 17.9. The predicted octanol–water partition coefficient (Wildman–Crippen LogP) is 6.55. The highest BCUT2D eigenvalue weighted by atomic mass is 15.1. The SMILES string of the molecule is C=C(C)C.C=C1/C(=C\C=C(/C)c2ccnc(C)c2)CC[C@H](CCNC)N1C.CC. The van der Waals surface area contributed by atoms with E-state index in [1.165, 1.54) is 35.1 Å². The van der Waals surface area contributed by atoms with Crippen molar-refractivity contribution in [2.75, 3.05) is 20.6 Å². The molecule has 0 aliphatic carbocycles. The van der Waals surface area contributed by atoms with Crippen molar-refractivity contribution in [1.29, 1.82) is 0 Å². The van der Waals surface area contributed by atoms with Crippen molar-refractivity contribution in [2.45, 2.75) is 66.8 Å². The van der Waals surface area contributed by atoms with E-state index in [2.05, 4.69) is 66.6 Å². The van der Waals surface area contributed by atoms with Gasteiger partial charge in [0.1, 0.15) is 0 Å². The Bertz CT molecular complexity index is 694. The molecule has 2 heterocycles. The zero-order valence-electron chi connectivity index (χ0n) is 20.1. The molecule has 0 bridgehead atoms. The van der Waals surface area contributed by atoms with Crippen LogP contribution in [-0.2, 0) is 0 Å². The molecule has 0 spiro atoms. The number of piperidine rings is 1. The van der Waals surface area contributed by atoms with Crippen LogP contribution in [0.15, 0.2) is 60.5 Å². The van der Waals surface area contributed by atoms with Crippen molar-refractivity contribution < 1.29 is 0 Å². The lowest BCUT2D eigenvalue weighted by atomic mass is 9.93. The van der Waals surface area contributed by atoms with E-state index in [-0.39, 0.29) is 0 Å². The number of likely N-dealkylation sites (tertiary alicyclic amines) is 1. The number of allylic oxidation sites excluding steroid dienone is 5. The molecule has 1 aliphatic rings. The number of pyridine rings is 1. The van der Waals surface area contributed by atoms with Gasteiger partial charge in [-0.15, -0.1) is 6.58 Å². The van der Waals surface area contributed by atoms with Gasteiger partial charge in [0.2, 0.25) is 0 Å². The summed E-state index contributed by atoms with van der Waals surface area (Å²) in [7, 11) is 4.18. The van der Waals surface area contributed by atoms with Crippen molar-refractivity contribution in [1.82, 2.24) is 15.2 Å². The first kappa shape index (κ1) is 26.9. The van der Waals surface area contributed by atoms with Crippen LogP contribution in [0.5, 0.6) is 0 Å². The summed E-state index contributed by atoms with van der Waals surface area (Å²) in [5.74, 6) is 0. The maximum absolute atomic E-state index is 4.30. The zero-order chi connectivity index (χ0) is 22.4. The van der Waals surface area contributed by atoms with E-state index < -0.39 is 0 Å². The Kier molecular flexibility index (Phi) is 13.7. The zero-order valence-corrected chi connectivity index (χ0v) is 20.1. The highest BCUT2D eigenvalue weighted by Gasteiger charge is 2.23. The number of aryl methyl sites for hydroxylation is 1. The molecule has 3 nitrogen and oxygen atoms in total. The molecular weight excluding hydrogens is 354 g/mol. The minimum absolute atomic E-state index is 0.597. The van der Waals surface area contributed by atoms with Gasteiger partial charge in [-0.05, 0) is 89.4 Å². The van der Waals surface area contributed by atoms with Gasteiger partial charge in [0.05, 0.1) is 0 Å². The molecule has 1 fully saturated rings. The molecule has 0 aromatic carbocycles. The van der Waals surface area contributed by atoms with Crippen LogP contribution in [0, 0.1) is 6.92 Å². The molecule has 0 amide bonds. The first-order valence-corrected chi connectivity index (χ1v) is 10.8. The van der Waals surface area contributed by atoms with E-state index in [1.807, 2.05) is 47.9 Å². The summed E-state index contributed by atoms with van der Waals surface area (Å²) in [6.45, 7) is 21.0. The molecule has 1 aromatic rings. The number of likely N-dealkylation sites (N-methyl/N-ethyl adjacent to an activating group) is 1. The molecule has 1 saturated heterocycles. The van der Waals surface area contributed by atoms with Crippen LogP contribution in [0.3, 0.4) is 0 Å². The third-order valence-electron chi connectivity index (χ3n) is 4.71. The van der Waals surface area contributed by atoms with Gasteiger partial charge in [0, 0.05) is 30.7 Å². The largest absolute Gasteiger partial charge is 0.372 e. The Balaban J connectivity index is 0.00000116. The van der Waals surface area contributed by atoms with Crippen molar-refractivity contribution in [2.24, 2.45) is 0 Å². The Morgan fingerprint density at radius 2 is 1.93 bits per heavy atom. The first-order valence-electron chi connectivity index (χ1n) is 10.8. The summed E-state index contributed by atoms with van der Waals surface area (Å²) in [5, 5.41) is 3.24. The van der Waals surface area contributed by atoms with Crippen LogP contribution in [0.4, 0.5) is 0 Å². The average molecular weight is 398 g/mol. The van der Waals surface area contributed by atoms with Crippen molar-refractivity contribution >= 4 is 5.57 Å². The van der Waals surface area contributed by atoms with Crippen LogP contribution in [0.1, 0.15) is 65.1 Å². The van der Waals surface area contributed by atoms with E-state index in [0.717, 1.165) is 24.4 Å². The van der Waals surface area contributed by atoms with Crippen LogP contribution in [-0.4, -0.2) is 36.6 Å². The average Bonchev–Trinajstić information content (AvgIpc) is 2.69. The lowest BCUT2D eigenvalue weighted by Gasteiger charge is -2.37. The van der Waals surface area contributed by atoms with Gasteiger partial charge in [-0.1, -0.05) is 38.2 Å². The van der Waals surface area contributed by atoms with Gasteiger partial charge in [0.15, 0.2) is 0 Å². The minimum atomic E-state index is 0.597. The maximum atomic E-state index is 4.30. The van der Waals surface area contributed by atoms with Gasteiger partial charge in [-0.3, -0.25) is 4.98 Å². The van der Waals surface area contributed by atoms with E-state index in [4.69, 9.17) is 0 Å². The van der Waals surface area contributed by atoms with E-state index >= 15 is 0 Å². The van der Waals surface area contributed by atoms with E-state index in [1.54, 1.807) is 0 Å². The number of hydrogen-bond donors (Lipinski definition) is 1. The van der Waals surface area contributed by atoms with Crippen molar-refractivity contribution in [3.8, 4) is 0 Å². The van der Waals surface area contributed by atoms with E-state index in [9.17, 15) is 0 Å². The fourth-order valence-corrected chi connectivity index (χ4v) is 3.05. The Morgan fingerprint density at radius 1 is 1.31 bits per heavy atom. The second kappa shape index (κ2) is 14.8. The van der Waals surface area contributed by atoms with Gasteiger partial charge < -0.3 is 10.2 Å². The number of aromatic nitrogens is 1. The molecule has 0 saturated carbocycles.